The third kappa shape index (κ3) is 3.79. The Morgan fingerprint density at radius 1 is 1.62 bits per heavy atom. The summed E-state index contributed by atoms with van der Waals surface area (Å²) in [5, 5.41) is 8.50. The predicted octanol–water partition coefficient (Wildman–Crippen LogP) is 1.75. The number of carbonyl (C=O) groups is 1. The Hall–Kier alpha value is -1.13. The molecule has 1 aliphatic carbocycles. The molecule has 1 atom stereocenters. The monoisotopic (exact) mass is 258 g/mol. The molecular formula is C11H11ClO3S. The lowest BCUT2D eigenvalue weighted by Crippen LogP contribution is -2.12. The quantitative estimate of drug-likeness (QED) is 0.475. The van der Waals surface area contributed by atoms with Gasteiger partial charge in [-0.1, -0.05) is 18.2 Å². The Labute approximate surface area is 102 Å². The van der Waals surface area contributed by atoms with Crippen LogP contribution in [0, 0.1) is 5.92 Å². The standard InChI is InChI=1S/C11H11ClO3S/c12-6-5-8-1-2-9(3-4-11(13)14)10(7-8)16-15/h1-4,7,9H,5-6H2,(H,13,14). The van der Waals surface area contributed by atoms with E-state index in [0.29, 0.717) is 28.4 Å². The summed E-state index contributed by atoms with van der Waals surface area (Å²) in [6.07, 6.45) is 8.70. The summed E-state index contributed by atoms with van der Waals surface area (Å²) in [6, 6.07) is 0. The molecule has 0 fully saturated rings. The number of rotatable bonds is 4. The van der Waals surface area contributed by atoms with Gasteiger partial charge in [0.25, 0.3) is 0 Å². The number of allylic oxidation sites excluding steroid dienone is 5. The fourth-order valence-corrected chi connectivity index (χ4v) is 2.02. The van der Waals surface area contributed by atoms with Crippen LogP contribution in [0.3, 0.4) is 0 Å². The van der Waals surface area contributed by atoms with Crippen LogP contribution in [0.2, 0.25) is 0 Å². The number of carboxylic acid groups (broad SMARTS) is 1. The number of alkyl halides is 1. The van der Waals surface area contributed by atoms with E-state index in [2.05, 4.69) is 0 Å². The minimum atomic E-state index is -1.01. The van der Waals surface area contributed by atoms with Crippen molar-refractivity contribution in [1.29, 1.82) is 0 Å². The average Bonchev–Trinajstić information content (AvgIpc) is 2.27. The highest BCUT2D eigenvalue weighted by Gasteiger charge is 2.12. The lowest BCUT2D eigenvalue weighted by atomic mass is 9.95. The largest absolute Gasteiger partial charge is 0.478 e. The van der Waals surface area contributed by atoms with Crippen LogP contribution >= 0.6 is 11.6 Å². The van der Waals surface area contributed by atoms with Crippen LogP contribution in [0.5, 0.6) is 0 Å². The molecule has 0 aliphatic heterocycles. The highest BCUT2D eigenvalue weighted by Crippen LogP contribution is 2.17. The SMILES string of the molecule is O=S=C1C=C(CCCl)C=CC1C=CC(=O)O. The van der Waals surface area contributed by atoms with Crippen molar-refractivity contribution in [2.75, 3.05) is 5.88 Å². The van der Waals surface area contributed by atoms with Crippen LogP contribution in [0.15, 0.2) is 36.0 Å². The molecule has 1 unspecified atom stereocenters. The van der Waals surface area contributed by atoms with Crippen molar-refractivity contribution >= 4 is 33.7 Å². The molecule has 0 spiro atoms. The maximum absolute atomic E-state index is 10.9. The number of halogens is 1. The van der Waals surface area contributed by atoms with Gasteiger partial charge in [-0.05, 0) is 18.1 Å². The summed E-state index contributed by atoms with van der Waals surface area (Å²) >= 11 is 5.99. The number of aliphatic carboxylic acids is 1. The van der Waals surface area contributed by atoms with Crippen LogP contribution in [-0.4, -0.2) is 26.0 Å². The molecule has 0 aromatic carbocycles. The second-order valence-corrected chi connectivity index (χ2v) is 4.24. The molecule has 3 nitrogen and oxygen atoms in total. The van der Waals surface area contributed by atoms with Gasteiger partial charge in [-0.2, -0.15) is 0 Å². The number of carboxylic acids is 1. The van der Waals surface area contributed by atoms with Crippen LogP contribution in [0.25, 0.3) is 0 Å². The van der Waals surface area contributed by atoms with Crippen LogP contribution in [-0.2, 0) is 16.1 Å². The molecule has 1 aliphatic rings. The summed E-state index contributed by atoms with van der Waals surface area (Å²) in [6.45, 7) is 0. The van der Waals surface area contributed by atoms with Crippen molar-refractivity contribution in [2.24, 2.45) is 5.92 Å². The maximum atomic E-state index is 10.9. The topological polar surface area (TPSA) is 54.4 Å². The maximum Gasteiger partial charge on any atom is 0.328 e. The van der Waals surface area contributed by atoms with E-state index in [0.717, 1.165) is 11.6 Å². The number of hydrogen-bond acceptors (Lipinski definition) is 2. The molecule has 0 saturated heterocycles. The lowest BCUT2D eigenvalue weighted by molar-refractivity contribution is -0.131. The molecule has 0 aromatic rings. The fourth-order valence-electron chi connectivity index (χ4n) is 1.34. The molecule has 5 heteroatoms. The summed E-state index contributed by atoms with van der Waals surface area (Å²) < 4.78 is 10.9. The molecule has 0 bridgehead atoms. The van der Waals surface area contributed by atoms with E-state index in [-0.39, 0.29) is 5.92 Å². The van der Waals surface area contributed by atoms with Gasteiger partial charge in [0.2, 0.25) is 0 Å². The molecule has 0 radical (unpaired) electrons. The minimum Gasteiger partial charge on any atom is -0.478 e. The Bertz CT molecular complexity index is 417. The van der Waals surface area contributed by atoms with Gasteiger partial charge < -0.3 is 5.11 Å². The lowest BCUT2D eigenvalue weighted by Gasteiger charge is -2.12. The fraction of sp³-hybridized carbons (Fsp3) is 0.273. The third-order valence-electron chi connectivity index (χ3n) is 2.10. The van der Waals surface area contributed by atoms with Gasteiger partial charge in [-0.3, -0.25) is 0 Å². The first-order valence-corrected chi connectivity index (χ1v) is 5.97. The Kier molecular flexibility index (Phi) is 5.22. The zero-order valence-corrected chi connectivity index (χ0v) is 10.0. The molecule has 1 N–H and O–H groups in total. The van der Waals surface area contributed by atoms with Crippen LogP contribution < -0.4 is 0 Å². The van der Waals surface area contributed by atoms with Crippen molar-refractivity contribution < 1.29 is 14.1 Å². The van der Waals surface area contributed by atoms with Gasteiger partial charge >= 0.3 is 5.97 Å². The van der Waals surface area contributed by atoms with E-state index in [9.17, 15) is 9.00 Å². The van der Waals surface area contributed by atoms with Crippen molar-refractivity contribution in [3.05, 3.63) is 36.0 Å². The van der Waals surface area contributed by atoms with Gasteiger partial charge in [-0.25, -0.2) is 9.00 Å². The predicted molar refractivity (Wildman–Crippen MR) is 66.0 cm³/mol. The van der Waals surface area contributed by atoms with Crippen LogP contribution in [0.1, 0.15) is 6.42 Å². The molecule has 0 amide bonds. The Morgan fingerprint density at radius 3 is 2.94 bits per heavy atom. The Morgan fingerprint density at radius 2 is 2.38 bits per heavy atom. The molecule has 16 heavy (non-hydrogen) atoms. The summed E-state index contributed by atoms with van der Waals surface area (Å²) in [7, 11) is 0. The van der Waals surface area contributed by atoms with Crippen LogP contribution in [0.4, 0.5) is 0 Å². The first-order valence-electron chi connectivity index (χ1n) is 4.70. The summed E-state index contributed by atoms with van der Waals surface area (Å²) in [5.41, 5.74) is 0.994. The average molecular weight is 259 g/mol. The molecular weight excluding hydrogens is 248 g/mol. The second kappa shape index (κ2) is 6.45. The highest BCUT2D eigenvalue weighted by molar-refractivity contribution is 7.67. The second-order valence-electron chi connectivity index (χ2n) is 3.23. The molecule has 1 rings (SSSR count). The van der Waals surface area contributed by atoms with Gasteiger partial charge in [0, 0.05) is 17.9 Å². The first kappa shape index (κ1) is 12.9. The highest BCUT2D eigenvalue weighted by atomic mass is 35.5. The minimum absolute atomic E-state index is 0.238. The van der Waals surface area contributed by atoms with Crippen molar-refractivity contribution in [2.45, 2.75) is 6.42 Å². The van der Waals surface area contributed by atoms with E-state index >= 15 is 0 Å². The van der Waals surface area contributed by atoms with Gasteiger partial charge in [0.1, 0.15) is 0 Å². The van der Waals surface area contributed by atoms with E-state index in [1.807, 2.05) is 12.2 Å². The van der Waals surface area contributed by atoms with Crippen molar-refractivity contribution in [3.8, 4) is 0 Å². The van der Waals surface area contributed by atoms with E-state index < -0.39 is 5.97 Å². The van der Waals surface area contributed by atoms with E-state index in [4.69, 9.17) is 16.7 Å². The smallest absolute Gasteiger partial charge is 0.328 e. The van der Waals surface area contributed by atoms with E-state index in [1.165, 1.54) is 6.08 Å². The Balaban J connectivity index is 2.83. The molecule has 0 heterocycles. The summed E-state index contributed by atoms with van der Waals surface area (Å²) in [5.74, 6) is -0.750. The normalized spacial score (nSPS) is 19.9. The third-order valence-corrected chi connectivity index (χ3v) is 2.87. The first-order chi connectivity index (χ1) is 7.67. The van der Waals surface area contributed by atoms with Gasteiger partial charge in [-0.15, -0.1) is 11.6 Å². The van der Waals surface area contributed by atoms with E-state index in [1.54, 1.807) is 6.08 Å². The van der Waals surface area contributed by atoms with Crippen molar-refractivity contribution in [3.63, 3.8) is 0 Å². The van der Waals surface area contributed by atoms with Gasteiger partial charge in [0.15, 0.2) is 0 Å². The zero-order valence-electron chi connectivity index (χ0n) is 8.43. The van der Waals surface area contributed by atoms with Gasteiger partial charge in [0.05, 0.1) is 16.1 Å². The zero-order chi connectivity index (χ0) is 12.0. The number of hydrogen-bond donors (Lipinski definition) is 1. The van der Waals surface area contributed by atoms with Crippen molar-refractivity contribution in [1.82, 2.24) is 0 Å². The molecule has 0 saturated carbocycles. The summed E-state index contributed by atoms with van der Waals surface area (Å²) in [4.78, 5) is 11.0. The molecule has 0 aromatic heterocycles. The molecule has 86 valence electrons.